The molecule has 0 bridgehead atoms. The molecule has 18 heavy (non-hydrogen) atoms. The molecule has 0 spiro atoms. The van der Waals surface area contributed by atoms with E-state index in [0.29, 0.717) is 0 Å². The first-order chi connectivity index (χ1) is 8.00. The number of nitrogens with zero attached hydrogens (tertiary/aromatic N) is 3. The molecule has 0 amide bonds. The van der Waals surface area contributed by atoms with Gasteiger partial charge in [-0.25, -0.2) is 0 Å². The quantitative estimate of drug-likeness (QED) is 0.468. The van der Waals surface area contributed by atoms with Crippen molar-refractivity contribution >= 4 is 29.9 Å². The van der Waals surface area contributed by atoms with Crippen LogP contribution in [0.1, 0.15) is 11.1 Å². The predicted octanol–water partition coefficient (Wildman–Crippen LogP) is 2.63. The molecule has 0 radical (unpaired) electrons. The molecule has 0 fully saturated rings. The highest BCUT2D eigenvalue weighted by molar-refractivity contribution is 14.0. The Morgan fingerprint density at radius 2 is 1.50 bits per heavy atom. The van der Waals surface area contributed by atoms with E-state index in [9.17, 15) is 0 Å². The summed E-state index contributed by atoms with van der Waals surface area (Å²) in [5.41, 5.74) is 2.65. The van der Waals surface area contributed by atoms with Crippen molar-refractivity contribution in [2.24, 2.45) is 4.99 Å². The highest BCUT2D eigenvalue weighted by Crippen LogP contribution is 2.04. The molecule has 0 atom stereocenters. The van der Waals surface area contributed by atoms with Gasteiger partial charge in [-0.3, -0.25) is 4.99 Å². The van der Waals surface area contributed by atoms with E-state index in [-0.39, 0.29) is 24.0 Å². The molecule has 0 aliphatic rings. The van der Waals surface area contributed by atoms with Gasteiger partial charge in [0.2, 0.25) is 0 Å². The third-order valence-corrected chi connectivity index (χ3v) is 2.57. The van der Waals surface area contributed by atoms with Crippen LogP contribution in [0, 0.1) is 6.92 Å². The normalized spacial score (nSPS) is 9.39. The molecular weight excluding hydrogens is 337 g/mol. The van der Waals surface area contributed by atoms with Crippen LogP contribution in [0.25, 0.3) is 0 Å². The zero-order chi connectivity index (χ0) is 12.8. The summed E-state index contributed by atoms with van der Waals surface area (Å²) in [7, 11) is 8.07. The second-order valence-electron chi connectivity index (χ2n) is 4.71. The molecule has 0 aliphatic carbocycles. The Balaban J connectivity index is 0.00000289. The second kappa shape index (κ2) is 8.34. The lowest BCUT2D eigenvalue weighted by Crippen LogP contribution is -2.35. The fraction of sp³-hybridized carbons (Fsp3) is 0.500. The highest BCUT2D eigenvalue weighted by Gasteiger charge is 2.03. The molecule has 1 aromatic rings. The Morgan fingerprint density at radius 1 is 1.00 bits per heavy atom. The van der Waals surface area contributed by atoms with E-state index in [0.717, 1.165) is 18.9 Å². The van der Waals surface area contributed by atoms with Crippen LogP contribution in [0.4, 0.5) is 0 Å². The molecule has 0 aliphatic heterocycles. The average Bonchev–Trinajstić information content (AvgIpc) is 2.25. The summed E-state index contributed by atoms with van der Waals surface area (Å²) in [6.07, 6.45) is 0.992. The Hall–Kier alpha value is -0.780. The van der Waals surface area contributed by atoms with Crippen molar-refractivity contribution in [1.29, 1.82) is 0 Å². The number of halogens is 1. The van der Waals surface area contributed by atoms with Crippen LogP contribution in [0.15, 0.2) is 29.3 Å². The van der Waals surface area contributed by atoms with Crippen molar-refractivity contribution in [3.8, 4) is 0 Å². The van der Waals surface area contributed by atoms with Gasteiger partial charge in [-0.05, 0) is 18.9 Å². The molecule has 102 valence electrons. The number of hydrogen-bond donors (Lipinski definition) is 0. The van der Waals surface area contributed by atoms with Gasteiger partial charge in [-0.15, -0.1) is 24.0 Å². The van der Waals surface area contributed by atoms with Crippen molar-refractivity contribution < 1.29 is 0 Å². The van der Waals surface area contributed by atoms with Gasteiger partial charge >= 0.3 is 0 Å². The predicted molar refractivity (Wildman–Crippen MR) is 90.0 cm³/mol. The summed E-state index contributed by atoms with van der Waals surface area (Å²) < 4.78 is 0. The Kier molecular flexibility index (Phi) is 7.98. The smallest absolute Gasteiger partial charge is 0.195 e. The van der Waals surface area contributed by atoms with E-state index in [1.165, 1.54) is 11.1 Å². The molecule has 0 heterocycles. The molecule has 1 rings (SSSR count). The SMILES string of the molecule is Cc1ccc(CCN=C(N(C)C)N(C)C)cc1.I. The van der Waals surface area contributed by atoms with Crippen LogP contribution in [0.3, 0.4) is 0 Å². The standard InChI is InChI=1S/C14H23N3.HI/c1-12-6-8-13(9-7-12)10-11-15-14(16(2)3)17(4)5;/h6-9H,10-11H2,1-5H3;1H. The van der Waals surface area contributed by atoms with E-state index >= 15 is 0 Å². The molecular formula is C14H24IN3. The largest absolute Gasteiger partial charge is 0.349 e. The minimum Gasteiger partial charge on any atom is -0.349 e. The Bertz CT molecular complexity index is 359. The highest BCUT2D eigenvalue weighted by atomic mass is 127. The van der Waals surface area contributed by atoms with E-state index in [4.69, 9.17) is 0 Å². The van der Waals surface area contributed by atoms with Crippen molar-refractivity contribution in [3.05, 3.63) is 35.4 Å². The summed E-state index contributed by atoms with van der Waals surface area (Å²) in [4.78, 5) is 8.68. The average molecular weight is 361 g/mol. The van der Waals surface area contributed by atoms with Gasteiger partial charge in [0.15, 0.2) is 5.96 Å². The molecule has 0 aromatic heterocycles. The molecule has 0 unspecified atom stereocenters. The summed E-state index contributed by atoms with van der Waals surface area (Å²) >= 11 is 0. The molecule has 0 N–H and O–H groups in total. The molecule has 0 saturated heterocycles. The molecule has 0 saturated carbocycles. The molecule has 3 nitrogen and oxygen atoms in total. The lowest BCUT2D eigenvalue weighted by molar-refractivity contribution is 0.479. The van der Waals surface area contributed by atoms with Gasteiger partial charge in [0.05, 0.1) is 0 Å². The summed E-state index contributed by atoms with van der Waals surface area (Å²) in [5.74, 6) is 1.01. The third kappa shape index (κ3) is 5.71. The monoisotopic (exact) mass is 361 g/mol. The first kappa shape index (κ1) is 17.2. The number of rotatable bonds is 3. The lowest BCUT2D eigenvalue weighted by atomic mass is 10.1. The lowest BCUT2D eigenvalue weighted by Gasteiger charge is -2.22. The van der Waals surface area contributed by atoms with Gasteiger partial charge in [-0.2, -0.15) is 0 Å². The van der Waals surface area contributed by atoms with Crippen LogP contribution in [-0.2, 0) is 6.42 Å². The van der Waals surface area contributed by atoms with Crippen molar-refractivity contribution in [1.82, 2.24) is 9.80 Å². The number of aliphatic imine (C=N–C) groups is 1. The summed E-state index contributed by atoms with van der Waals surface area (Å²) in [6.45, 7) is 2.94. The Labute approximate surface area is 128 Å². The number of hydrogen-bond acceptors (Lipinski definition) is 1. The van der Waals surface area contributed by atoms with Gasteiger partial charge in [-0.1, -0.05) is 29.8 Å². The summed E-state index contributed by atoms with van der Waals surface area (Å²) in [5, 5.41) is 0. The van der Waals surface area contributed by atoms with Gasteiger partial charge < -0.3 is 9.80 Å². The minimum atomic E-state index is 0. The minimum absolute atomic E-state index is 0. The fourth-order valence-electron chi connectivity index (χ4n) is 1.72. The van der Waals surface area contributed by atoms with Gasteiger partial charge in [0.1, 0.15) is 0 Å². The first-order valence-corrected chi connectivity index (χ1v) is 5.95. The van der Waals surface area contributed by atoms with Crippen LogP contribution in [0.2, 0.25) is 0 Å². The van der Waals surface area contributed by atoms with Crippen LogP contribution < -0.4 is 0 Å². The van der Waals surface area contributed by atoms with Crippen molar-refractivity contribution in [3.63, 3.8) is 0 Å². The van der Waals surface area contributed by atoms with Crippen LogP contribution >= 0.6 is 24.0 Å². The van der Waals surface area contributed by atoms with Crippen LogP contribution in [0.5, 0.6) is 0 Å². The molecule has 1 aromatic carbocycles. The molecule has 4 heteroatoms. The maximum atomic E-state index is 4.61. The zero-order valence-corrected chi connectivity index (χ0v) is 14.3. The van der Waals surface area contributed by atoms with E-state index in [1.54, 1.807) is 0 Å². The van der Waals surface area contributed by atoms with E-state index < -0.39 is 0 Å². The fourth-order valence-corrected chi connectivity index (χ4v) is 1.72. The first-order valence-electron chi connectivity index (χ1n) is 5.95. The third-order valence-electron chi connectivity index (χ3n) is 2.57. The topological polar surface area (TPSA) is 18.8 Å². The second-order valence-corrected chi connectivity index (χ2v) is 4.71. The van der Waals surface area contributed by atoms with Crippen molar-refractivity contribution in [2.75, 3.05) is 34.7 Å². The number of aryl methyl sites for hydroxylation is 1. The van der Waals surface area contributed by atoms with Gasteiger partial charge in [0, 0.05) is 34.7 Å². The number of benzene rings is 1. The van der Waals surface area contributed by atoms with Gasteiger partial charge in [0.25, 0.3) is 0 Å². The van der Waals surface area contributed by atoms with Crippen LogP contribution in [-0.4, -0.2) is 50.5 Å². The maximum absolute atomic E-state index is 4.61. The summed E-state index contributed by atoms with van der Waals surface area (Å²) in [6, 6.07) is 8.65. The number of guanidine groups is 1. The maximum Gasteiger partial charge on any atom is 0.195 e. The van der Waals surface area contributed by atoms with E-state index in [2.05, 4.69) is 36.2 Å². The Morgan fingerprint density at radius 3 is 1.94 bits per heavy atom. The van der Waals surface area contributed by atoms with Crippen molar-refractivity contribution in [2.45, 2.75) is 13.3 Å². The zero-order valence-electron chi connectivity index (χ0n) is 12.0. The van der Waals surface area contributed by atoms with E-state index in [1.807, 2.05) is 38.0 Å².